The highest BCUT2D eigenvalue weighted by atomic mass is 19.1. The SMILES string of the molecule is COc1ccc(C(=O)NCCc2nnc3n2CCN(Cc2cc(OC)ccc2F)CC3)cc1. The molecule has 0 unspecified atom stereocenters. The van der Waals surface area contributed by atoms with Gasteiger partial charge in [0, 0.05) is 56.7 Å². The Morgan fingerprint density at radius 1 is 1.03 bits per heavy atom. The van der Waals surface area contributed by atoms with E-state index < -0.39 is 0 Å². The quantitative estimate of drug-likeness (QED) is 0.564. The highest BCUT2D eigenvalue weighted by Crippen LogP contribution is 2.20. The summed E-state index contributed by atoms with van der Waals surface area (Å²) in [5, 5.41) is 11.6. The molecule has 8 nitrogen and oxygen atoms in total. The Balaban J connectivity index is 1.32. The number of amides is 1. The van der Waals surface area contributed by atoms with Crippen molar-refractivity contribution in [1.29, 1.82) is 0 Å². The fourth-order valence-electron chi connectivity index (χ4n) is 3.94. The van der Waals surface area contributed by atoms with E-state index >= 15 is 0 Å². The predicted octanol–water partition coefficient (Wildman–Crippen LogP) is 2.47. The van der Waals surface area contributed by atoms with Crippen molar-refractivity contribution in [2.75, 3.05) is 33.9 Å². The number of hydrogen-bond acceptors (Lipinski definition) is 6. The monoisotopic (exact) mass is 453 g/mol. The van der Waals surface area contributed by atoms with Crippen molar-refractivity contribution in [3.8, 4) is 11.5 Å². The van der Waals surface area contributed by atoms with Crippen LogP contribution in [0.15, 0.2) is 42.5 Å². The number of carbonyl (C=O) groups is 1. The summed E-state index contributed by atoms with van der Waals surface area (Å²) in [6.45, 7) is 3.21. The Bertz CT molecular complexity index is 1100. The van der Waals surface area contributed by atoms with Crippen molar-refractivity contribution in [1.82, 2.24) is 25.0 Å². The molecule has 0 radical (unpaired) electrons. The summed E-state index contributed by atoms with van der Waals surface area (Å²) in [5.41, 5.74) is 1.20. The van der Waals surface area contributed by atoms with Crippen LogP contribution in [0.1, 0.15) is 27.6 Å². The van der Waals surface area contributed by atoms with E-state index in [-0.39, 0.29) is 11.7 Å². The summed E-state index contributed by atoms with van der Waals surface area (Å²) in [5.74, 6) is 2.75. The van der Waals surface area contributed by atoms with Gasteiger partial charge in [0.05, 0.1) is 14.2 Å². The average molecular weight is 454 g/mol. The number of rotatable bonds is 8. The molecule has 1 N–H and O–H groups in total. The van der Waals surface area contributed by atoms with Crippen LogP contribution in [0, 0.1) is 5.82 Å². The molecule has 2 heterocycles. The fourth-order valence-corrected chi connectivity index (χ4v) is 3.94. The second-order valence-corrected chi connectivity index (χ2v) is 7.90. The number of fused-ring (bicyclic) bond motifs is 1. The zero-order valence-corrected chi connectivity index (χ0v) is 18.9. The van der Waals surface area contributed by atoms with Gasteiger partial charge in [0.25, 0.3) is 5.91 Å². The zero-order chi connectivity index (χ0) is 23.2. The third-order valence-electron chi connectivity index (χ3n) is 5.83. The van der Waals surface area contributed by atoms with Gasteiger partial charge in [-0.05, 0) is 42.5 Å². The normalized spacial score (nSPS) is 13.8. The summed E-state index contributed by atoms with van der Waals surface area (Å²) < 4.78 is 26.7. The number of aromatic nitrogens is 3. The van der Waals surface area contributed by atoms with Gasteiger partial charge >= 0.3 is 0 Å². The third kappa shape index (κ3) is 5.48. The molecule has 1 aromatic heterocycles. The molecule has 1 aliphatic heterocycles. The maximum atomic E-state index is 14.2. The van der Waals surface area contributed by atoms with Gasteiger partial charge in [-0.1, -0.05) is 0 Å². The van der Waals surface area contributed by atoms with Crippen molar-refractivity contribution in [2.24, 2.45) is 0 Å². The number of halogens is 1. The van der Waals surface area contributed by atoms with Crippen LogP contribution in [0.4, 0.5) is 4.39 Å². The molecular formula is C24H28FN5O3. The Morgan fingerprint density at radius 2 is 1.79 bits per heavy atom. The molecule has 0 bridgehead atoms. The van der Waals surface area contributed by atoms with E-state index in [2.05, 4.69) is 25.0 Å². The van der Waals surface area contributed by atoms with Crippen LogP contribution < -0.4 is 14.8 Å². The molecule has 0 spiro atoms. The second-order valence-electron chi connectivity index (χ2n) is 7.90. The molecule has 174 valence electrons. The lowest BCUT2D eigenvalue weighted by Crippen LogP contribution is -2.28. The Kier molecular flexibility index (Phi) is 7.19. The molecule has 2 aromatic carbocycles. The minimum Gasteiger partial charge on any atom is -0.497 e. The lowest BCUT2D eigenvalue weighted by molar-refractivity contribution is 0.0954. The topological polar surface area (TPSA) is 81.5 Å². The fraction of sp³-hybridized carbons (Fsp3) is 0.375. The van der Waals surface area contributed by atoms with Gasteiger partial charge in [0.1, 0.15) is 29.0 Å². The van der Waals surface area contributed by atoms with Crippen LogP contribution in [0.25, 0.3) is 0 Å². The maximum Gasteiger partial charge on any atom is 0.251 e. The van der Waals surface area contributed by atoms with E-state index in [1.165, 1.54) is 6.07 Å². The largest absolute Gasteiger partial charge is 0.497 e. The molecule has 33 heavy (non-hydrogen) atoms. The first kappa shape index (κ1) is 22.7. The molecule has 3 aromatic rings. The third-order valence-corrected chi connectivity index (χ3v) is 5.83. The maximum absolute atomic E-state index is 14.2. The Hall–Kier alpha value is -3.46. The smallest absolute Gasteiger partial charge is 0.251 e. The summed E-state index contributed by atoms with van der Waals surface area (Å²) in [6.07, 6.45) is 1.32. The van der Waals surface area contributed by atoms with Gasteiger partial charge in [0.15, 0.2) is 0 Å². The number of nitrogens with one attached hydrogen (secondary N) is 1. The zero-order valence-electron chi connectivity index (χ0n) is 18.9. The minimum atomic E-state index is -0.229. The van der Waals surface area contributed by atoms with E-state index in [9.17, 15) is 9.18 Å². The minimum absolute atomic E-state index is 0.139. The molecule has 9 heteroatoms. The van der Waals surface area contributed by atoms with Gasteiger partial charge < -0.3 is 19.4 Å². The van der Waals surface area contributed by atoms with Crippen molar-refractivity contribution < 1.29 is 18.7 Å². The Labute approximate surface area is 192 Å². The highest BCUT2D eigenvalue weighted by molar-refractivity contribution is 5.94. The molecular weight excluding hydrogens is 425 g/mol. The van der Waals surface area contributed by atoms with Crippen LogP contribution in [0.2, 0.25) is 0 Å². The molecule has 0 aliphatic carbocycles. The first-order valence-electron chi connectivity index (χ1n) is 11.0. The van der Waals surface area contributed by atoms with Crippen molar-refractivity contribution in [3.05, 3.63) is 71.1 Å². The summed E-state index contributed by atoms with van der Waals surface area (Å²) in [7, 11) is 3.17. The number of ether oxygens (including phenoxy) is 2. The van der Waals surface area contributed by atoms with Gasteiger partial charge in [0.2, 0.25) is 0 Å². The van der Waals surface area contributed by atoms with Gasteiger partial charge in [-0.2, -0.15) is 0 Å². The van der Waals surface area contributed by atoms with Crippen LogP contribution in [-0.4, -0.2) is 59.4 Å². The molecule has 0 saturated heterocycles. The summed E-state index contributed by atoms with van der Waals surface area (Å²) in [4.78, 5) is 14.6. The molecule has 4 rings (SSSR count). The van der Waals surface area contributed by atoms with Gasteiger partial charge in [-0.3, -0.25) is 9.69 Å². The van der Waals surface area contributed by atoms with Crippen molar-refractivity contribution >= 4 is 5.91 Å². The van der Waals surface area contributed by atoms with E-state index in [1.54, 1.807) is 50.6 Å². The number of carbonyl (C=O) groups excluding carboxylic acids is 1. The van der Waals surface area contributed by atoms with E-state index in [0.29, 0.717) is 42.1 Å². The number of benzene rings is 2. The molecule has 1 amide bonds. The van der Waals surface area contributed by atoms with E-state index in [1.807, 2.05) is 0 Å². The summed E-state index contributed by atoms with van der Waals surface area (Å²) in [6, 6.07) is 11.8. The first-order chi connectivity index (χ1) is 16.1. The van der Waals surface area contributed by atoms with E-state index in [4.69, 9.17) is 9.47 Å². The lowest BCUT2D eigenvalue weighted by atomic mass is 10.2. The van der Waals surface area contributed by atoms with Gasteiger partial charge in [-0.25, -0.2) is 4.39 Å². The Morgan fingerprint density at radius 3 is 2.55 bits per heavy atom. The van der Waals surface area contributed by atoms with Crippen LogP contribution in [-0.2, 0) is 25.9 Å². The lowest BCUT2D eigenvalue weighted by Gasteiger charge is -2.20. The average Bonchev–Trinajstić information content (AvgIpc) is 3.11. The van der Waals surface area contributed by atoms with Crippen molar-refractivity contribution in [3.63, 3.8) is 0 Å². The first-order valence-corrected chi connectivity index (χ1v) is 11.0. The standard InChI is InChI=1S/C24H28FN5O3/c1-32-19-5-3-17(4-6-19)24(31)26-11-9-22-27-28-23-10-12-29(13-14-30(22)23)16-18-15-20(33-2)7-8-21(18)25/h3-8,15H,9-14,16H2,1-2H3,(H,26,31). The van der Waals surface area contributed by atoms with Crippen LogP contribution >= 0.6 is 0 Å². The molecule has 1 aliphatic rings. The predicted molar refractivity (Wildman–Crippen MR) is 121 cm³/mol. The number of nitrogens with zero attached hydrogens (tertiary/aromatic N) is 4. The second kappa shape index (κ2) is 10.4. The number of hydrogen-bond donors (Lipinski definition) is 1. The van der Waals surface area contributed by atoms with Crippen LogP contribution in [0.3, 0.4) is 0 Å². The van der Waals surface area contributed by atoms with Crippen LogP contribution in [0.5, 0.6) is 11.5 Å². The van der Waals surface area contributed by atoms with Gasteiger partial charge in [-0.15, -0.1) is 10.2 Å². The van der Waals surface area contributed by atoms with Crippen molar-refractivity contribution in [2.45, 2.75) is 25.9 Å². The molecule has 0 atom stereocenters. The highest BCUT2D eigenvalue weighted by Gasteiger charge is 2.20. The van der Waals surface area contributed by atoms with E-state index in [0.717, 1.165) is 37.7 Å². The summed E-state index contributed by atoms with van der Waals surface area (Å²) >= 11 is 0. The molecule has 0 fully saturated rings. The molecule has 0 saturated carbocycles. The number of methoxy groups -OCH3 is 2.